The number of carbonyl (C=O) groups is 2. The SMILES string of the molecule is CCc1ccc(/C(O)=C2/C(=O)C(=O)N(C3CCCCC3)C2c2cccc(O)c2)cc1. The highest BCUT2D eigenvalue weighted by molar-refractivity contribution is 6.46. The molecule has 2 N–H and O–H groups in total. The summed E-state index contributed by atoms with van der Waals surface area (Å²) in [6, 6.07) is 13.2. The monoisotopic (exact) mass is 405 g/mol. The van der Waals surface area contributed by atoms with Crippen LogP contribution in [-0.2, 0) is 16.0 Å². The summed E-state index contributed by atoms with van der Waals surface area (Å²) < 4.78 is 0. The molecule has 2 aliphatic rings. The fourth-order valence-corrected chi connectivity index (χ4v) is 4.66. The van der Waals surface area contributed by atoms with E-state index in [0.717, 1.165) is 44.1 Å². The Labute approximate surface area is 176 Å². The first-order valence-corrected chi connectivity index (χ1v) is 10.7. The number of aryl methyl sites for hydroxylation is 1. The fourth-order valence-electron chi connectivity index (χ4n) is 4.66. The summed E-state index contributed by atoms with van der Waals surface area (Å²) in [6.45, 7) is 2.05. The highest BCUT2D eigenvalue weighted by atomic mass is 16.3. The Hall–Kier alpha value is -3.08. The molecule has 0 bridgehead atoms. The molecule has 1 atom stereocenters. The molecule has 1 saturated heterocycles. The van der Waals surface area contributed by atoms with Gasteiger partial charge in [0.05, 0.1) is 11.6 Å². The zero-order valence-electron chi connectivity index (χ0n) is 17.2. The van der Waals surface area contributed by atoms with Gasteiger partial charge in [-0.25, -0.2) is 0 Å². The van der Waals surface area contributed by atoms with E-state index in [2.05, 4.69) is 0 Å². The first-order chi connectivity index (χ1) is 14.5. The van der Waals surface area contributed by atoms with Crippen LogP contribution in [0, 0.1) is 0 Å². The zero-order chi connectivity index (χ0) is 21.3. The van der Waals surface area contributed by atoms with Gasteiger partial charge in [0.2, 0.25) is 0 Å². The van der Waals surface area contributed by atoms with Crippen LogP contribution in [0.3, 0.4) is 0 Å². The largest absolute Gasteiger partial charge is 0.508 e. The number of rotatable bonds is 4. The van der Waals surface area contributed by atoms with E-state index in [1.807, 2.05) is 19.1 Å². The molecule has 2 aromatic rings. The smallest absolute Gasteiger partial charge is 0.295 e. The van der Waals surface area contributed by atoms with Crippen LogP contribution in [0.15, 0.2) is 54.1 Å². The normalized spacial score (nSPS) is 21.9. The molecule has 1 aliphatic heterocycles. The second-order valence-corrected chi connectivity index (χ2v) is 8.14. The molecule has 0 aromatic heterocycles. The quantitative estimate of drug-likeness (QED) is 0.439. The van der Waals surface area contributed by atoms with Crippen molar-refractivity contribution in [2.24, 2.45) is 0 Å². The maximum absolute atomic E-state index is 13.1. The van der Waals surface area contributed by atoms with Gasteiger partial charge in [-0.3, -0.25) is 9.59 Å². The lowest BCUT2D eigenvalue weighted by Crippen LogP contribution is -2.40. The number of ketones is 1. The van der Waals surface area contributed by atoms with E-state index in [9.17, 15) is 19.8 Å². The molecule has 30 heavy (non-hydrogen) atoms. The van der Waals surface area contributed by atoms with E-state index in [0.29, 0.717) is 11.1 Å². The van der Waals surface area contributed by atoms with Crippen LogP contribution in [0.25, 0.3) is 5.76 Å². The van der Waals surface area contributed by atoms with Crippen molar-refractivity contribution in [3.63, 3.8) is 0 Å². The van der Waals surface area contributed by atoms with Crippen LogP contribution in [-0.4, -0.2) is 32.8 Å². The Morgan fingerprint density at radius 1 is 1.03 bits per heavy atom. The Balaban J connectivity index is 1.85. The summed E-state index contributed by atoms with van der Waals surface area (Å²) >= 11 is 0. The molecule has 5 heteroatoms. The van der Waals surface area contributed by atoms with Crippen molar-refractivity contribution < 1.29 is 19.8 Å². The van der Waals surface area contributed by atoms with Crippen LogP contribution in [0.1, 0.15) is 61.8 Å². The van der Waals surface area contributed by atoms with E-state index in [1.165, 1.54) is 0 Å². The van der Waals surface area contributed by atoms with Crippen LogP contribution in [0.5, 0.6) is 5.75 Å². The number of likely N-dealkylation sites (tertiary alicyclic amines) is 1. The van der Waals surface area contributed by atoms with Gasteiger partial charge in [-0.2, -0.15) is 0 Å². The lowest BCUT2D eigenvalue weighted by Gasteiger charge is -2.35. The number of Topliss-reactive ketones (excluding diaryl/α,β-unsaturated/α-hetero) is 1. The number of aliphatic hydroxyl groups excluding tert-OH is 1. The van der Waals surface area contributed by atoms with Gasteiger partial charge in [0.15, 0.2) is 0 Å². The molecule has 1 heterocycles. The van der Waals surface area contributed by atoms with Crippen molar-refractivity contribution in [1.82, 2.24) is 4.90 Å². The number of nitrogens with zero attached hydrogens (tertiary/aromatic N) is 1. The number of aromatic hydroxyl groups is 1. The summed E-state index contributed by atoms with van der Waals surface area (Å²) in [5, 5.41) is 21.1. The number of carbonyl (C=O) groups excluding carboxylic acids is 2. The standard InChI is InChI=1S/C25H27NO4/c1-2-16-11-13-17(14-12-16)23(28)21-22(18-7-6-10-20(27)15-18)26(25(30)24(21)29)19-8-4-3-5-9-19/h6-7,10-15,19,22,27-28H,2-5,8-9H2,1H3/b23-21-. The van der Waals surface area contributed by atoms with Crippen LogP contribution < -0.4 is 0 Å². The van der Waals surface area contributed by atoms with E-state index < -0.39 is 17.7 Å². The predicted octanol–water partition coefficient (Wildman–Crippen LogP) is 4.71. The Bertz CT molecular complexity index is 986. The molecular formula is C25H27NO4. The number of phenols is 1. The van der Waals surface area contributed by atoms with Crippen LogP contribution in [0.2, 0.25) is 0 Å². The van der Waals surface area contributed by atoms with Crippen molar-refractivity contribution in [2.75, 3.05) is 0 Å². The molecular weight excluding hydrogens is 378 g/mol. The predicted molar refractivity (Wildman–Crippen MR) is 115 cm³/mol. The molecule has 1 amide bonds. The van der Waals surface area contributed by atoms with E-state index in [1.54, 1.807) is 41.3 Å². The molecule has 5 nitrogen and oxygen atoms in total. The van der Waals surface area contributed by atoms with E-state index in [4.69, 9.17) is 0 Å². The minimum Gasteiger partial charge on any atom is -0.508 e. The van der Waals surface area contributed by atoms with Gasteiger partial charge in [0.25, 0.3) is 11.7 Å². The van der Waals surface area contributed by atoms with Crippen molar-refractivity contribution in [3.8, 4) is 5.75 Å². The molecule has 1 saturated carbocycles. The zero-order valence-corrected chi connectivity index (χ0v) is 17.2. The average molecular weight is 405 g/mol. The molecule has 2 aromatic carbocycles. The van der Waals surface area contributed by atoms with Gasteiger partial charge < -0.3 is 15.1 Å². The minimum atomic E-state index is -0.703. The molecule has 1 unspecified atom stereocenters. The summed E-state index contributed by atoms with van der Waals surface area (Å²) in [7, 11) is 0. The van der Waals surface area contributed by atoms with Gasteiger partial charge in [0.1, 0.15) is 11.5 Å². The number of hydrogen-bond donors (Lipinski definition) is 2. The summed E-state index contributed by atoms with van der Waals surface area (Å²) in [5.41, 5.74) is 2.37. The number of amides is 1. The number of hydrogen-bond acceptors (Lipinski definition) is 4. The lowest BCUT2D eigenvalue weighted by atomic mass is 9.91. The van der Waals surface area contributed by atoms with Gasteiger partial charge in [-0.1, -0.05) is 62.6 Å². The van der Waals surface area contributed by atoms with Crippen LogP contribution in [0.4, 0.5) is 0 Å². The lowest BCUT2D eigenvalue weighted by molar-refractivity contribution is -0.141. The van der Waals surface area contributed by atoms with Gasteiger partial charge in [0, 0.05) is 11.6 Å². The van der Waals surface area contributed by atoms with Gasteiger partial charge >= 0.3 is 0 Å². The first kappa shape index (κ1) is 20.2. The maximum Gasteiger partial charge on any atom is 0.295 e. The highest BCUT2D eigenvalue weighted by Gasteiger charge is 2.48. The van der Waals surface area contributed by atoms with Crippen LogP contribution >= 0.6 is 0 Å². The summed E-state index contributed by atoms with van der Waals surface area (Å²) in [6.07, 6.45) is 5.70. The third kappa shape index (κ3) is 3.60. The molecule has 4 rings (SSSR count). The third-order valence-electron chi connectivity index (χ3n) is 6.27. The second kappa shape index (κ2) is 8.34. The maximum atomic E-state index is 13.1. The minimum absolute atomic E-state index is 0.0460. The number of aliphatic hydroxyl groups is 1. The number of phenolic OH excluding ortho intramolecular Hbond substituents is 1. The summed E-state index contributed by atoms with van der Waals surface area (Å²) in [5.74, 6) is -1.33. The van der Waals surface area contributed by atoms with Crippen molar-refractivity contribution >= 4 is 17.4 Å². The average Bonchev–Trinajstić information content (AvgIpc) is 3.04. The molecule has 0 spiro atoms. The first-order valence-electron chi connectivity index (χ1n) is 10.7. The van der Waals surface area contributed by atoms with E-state index in [-0.39, 0.29) is 23.1 Å². The molecule has 0 radical (unpaired) electrons. The Morgan fingerprint density at radius 3 is 2.37 bits per heavy atom. The van der Waals surface area contributed by atoms with Gasteiger partial charge in [-0.05, 0) is 42.5 Å². The third-order valence-corrected chi connectivity index (χ3v) is 6.27. The second-order valence-electron chi connectivity index (χ2n) is 8.14. The Kier molecular flexibility index (Phi) is 5.62. The number of benzene rings is 2. The molecule has 1 aliphatic carbocycles. The van der Waals surface area contributed by atoms with Crippen molar-refractivity contribution in [1.29, 1.82) is 0 Å². The van der Waals surface area contributed by atoms with Crippen molar-refractivity contribution in [3.05, 3.63) is 70.8 Å². The molecule has 2 fully saturated rings. The Morgan fingerprint density at radius 2 is 1.73 bits per heavy atom. The fraction of sp³-hybridized carbons (Fsp3) is 0.360. The van der Waals surface area contributed by atoms with E-state index >= 15 is 0 Å². The van der Waals surface area contributed by atoms with Crippen molar-refractivity contribution in [2.45, 2.75) is 57.5 Å². The summed E-state index contributed by atoms with van der Waals surface area (Å²) in [4.78, 5) is 27.8. The van der Waals surface area contributed by atoms with Gasteiger partial charge in [-0.15, -0.1) is 0 Å². The highest BCUT2D eigenvalue weighted by Crippen LogP contribution is 2.43. The molecule has 156 valence electrons. The topological polar surface area (TPSA) is 77.8 Å².